The predicted octanol–water partition coefficient (Wildman–Crippen LogP) is -0.610. The molecule has 1 atom stereocenters. The first-order valence-corrected chi connectivity index (χ1v) is 4.73. The van der Waals surface area contributed by atoms with E-state index in [0.717, 1.165) is 12.0 Å². The maximum Gasteiger partial charge on any atom is 0.526 e. The average molecular weight is 201 g/mol. The highest BCUT2D eigenvalue weighted by Crippen LogP contribution is 2.11. The second kappa shape index (κ2) is 4.22. The lowest BCUT2D eigenvalue weighted by molar-refractivity contribution is -0.115. The number of carbonyl (C=O) groups is 2. The van der Waals surface area contributed by atoms with Crippen LogP contribution in [0.1, 0.15) is 0 Å². The van der Waals surface area contributed by atoms with Crippen molar-refractivity contribution in [3.63, 3.8) is 0 Å². The van der Waals surface area contributed by atoms with E-state index in [1.165, 1.54) is 6.08 Å². The minimum absolute atomic E-state index is 0.264. The van der Waals surface area contributed by atoms with E-state index < -0.39 is 6.16 Å². The van der Waals surface area contributed by atoms with Crippen LogP contribution in [-0.4, -0.2) is 32.1 Å². The summed E-state index contributed by atoms with van der Waals surface area (Å²) in [6.07, 6.45) is 2.01. The van der Waals surface area contributed by atoms with Crippen molar-refractivity contribution in [1.29, 1.82) is 0 Å². The number of nitrogens with one attached hydrogen (secondary N) is 1. The summed E-state index contributed by atoms with van der Waals surface area (Å²) in [7, 11) is 1.71. The number of rotatable bonds is 2. The Labute approximate surface area is 80.5 Å². The number of amides is 1. The van der Waals surface area contributed by atoms with Gasteiger partial charge in [-0.2, -0.15) is 0 Å². The zero-order valence-corrected chi connectivity index (χ0v) is 8.01. The molecule has 0 aromatic heterocycles. The van der Waals surface area contributed by atoms with Gasteiger partial charge in [0.2, 0.25) is 5.91 Å². The lowest BCUT2D eigenvalue weighted by Crippen LogP contribution is -2.29. The standard InChI is InChI=1S/C6H8BNO4S/c1-13-12-6(10)11-3-2-4(9)8-5(3)7/h2,5H,7H2,1H3,(H,8,9). The summed E-state index contributed by atoms with van der Waals surface area (Å²) in [6, 6.07) is 0. The second-order valence-corrected chi connectivity index (χ2v) is 2.88. The van der Waals surface area contributed by atoms with E-state index in [4.69, 9.17) is 4.74 Å². The van der Waals surface area contributed by atoms with E-state index in [1.54, 1.807) is 14.1 Å². The van der Waals surface area contributed by atoms with Gasteiger partial charge >= 0.3 is 6.16 Å². The quantitative estimate of drug-likeness (QED) is 0.366. The molecule has 70 valence electrons. The molecule has 0 bridgehead atoms. The van der Waals surface area contributed by atoms with E-state index >= 15 is 0 Å². The molecule has 0 spiro atoms. The minimum atomic E-state index is -0.818. The van der Waals surface area contributed by atoms with Crippen LogP contribution in [0.3, 0.4) is 0 Å². The Morgan fingerprint density at radius 1 is 1.77 bits per heavy atom. The van der Waals surface area contributed by atoms with Gasteiger partial charge in [-0.15, -0.1) is 0 Å². The molecule has 1 heterocycles. The number of ether oxygens (including phenoxy) is 1. The fraction of sp³-hybridized carbons (Fsp3) is 0.333. The Morgan fingerprint density at radius 3 is 2.92 bits per heavy atom. The lowest BCUT2D eigenvalue weighted by atomic mass is 9.97. The summed E-state index contributed by atoms with van der Waals surface area (Å²) in [5, 5.41) is 2.54. The van der Waals surface area contributed by atoms with Gasteiger partial charge in [0.15, 0.2) is 0 Å². The molecule has 0 saturated heterocycles. The molecule has 5 nitrogen and oxygen atoms in total. The van der Waals surface area contributed by atoms with Gasteiger partial charge < -0.3 is 14.2 Å². The summed E-state index contributed by atoms with van der Waals surface area (Å²) >= 11 is 0.888. The molecule has 0 aliphatic carbocycles. The van der Waals surface area contributed by atoms with E-state index in [-0.39, 0.29) is 17.6 Å². The van der Waals surface area contributed by atoms with Crippen LogP contribution in [0.2, 0.25) is 0 Å². The van der Waals surface area contributed by atoms with Crippen LogP contribution in [0.15, 0.2) is 11.8 Å². The normalized spacial score (nSPS) is 20.5. The molecule has 7 heteroatoms. The summed E-state index contributed by atoms with van der Waals surface area (Å²) in [6.45, 7) is 0. The minimum Gasteiger partial charge on any atom is -0.397 e. The van der Waals surface area contributed by atoms with Crippen LogP contribution in [0.5, 0.6) is 0 Å². The molecular formula is C6H8BNO4S. The van der Waals surface area contributed by atoms with Gasteiger partial charge in [-0.25, -0.2) is 4.79 Å². The molecule has 0 aromatic carbocycles. The van der Waals surface area contributed by atoms with Crippen molar-refractivity contribution in [1.82, 2.24) is 5.32 Å². The van der Waals surface area contributed by atoms with Crippen molar-refractivity contribution in [2.75, 3.05) is 6.26 Å². The van der Waals surface area contributed by atoms with E-state index in [1.807, 2.05) is 0 Å². The van der Waals surface area contributed by atoms with Crippen molar-refractivity contribution in [2.45, 2.75) is 5.94 Å². The number of hydrogen-bond donors (Lipinski definition) is 1. The summed E-state index contributed by atoms with van der Waals surface area (Å²) in [4.78, 5) is 21.6. The average Bonchev–Trinajstić information content (AvgIpc) is 2.30. The Kier molecular flexibility index (Phi) is 3.24. The smallest absolute Gasteiger partial charge is 0.397 e. The molecule has 0 radical (unpaired) electrons. The van der Waals surface area contributed by atoms with Crippen molar-refractivity contribution in [2.24, 2.45) is 0 Å². The van der Waals surface area contributed by atoms with Gasteiger partial charge in [-0.3, -0.25) is 4.79 Å². The van der Waals surface area contributed by atoms with Crippen molar-refractivity contribution in [3.8, 4) is 0 Å². The molecular weight excluding hydrogens is 193 g/mol. The molecule has 1 rings (SSSR count). The van der Waals surface area contributed by atoms with Gasteiger partial charge in [0, 0.05) is 12.3 Å². The SMILES string of the molecule is BC1NC(=O)C=C1OC(=O)OSC. The van der Waals surface area contributed by atoms with Crippen LogP contribution < -0.4 is 5.32 Å². The van der Waals surface area contributed by atoms with E-state index in [9.17, 15) is 9.59 Å². The highest BCUT2D eigenvalue weighted by molar-refractivity contribution is 7.94. The van der Waals surface area contributed by atoms with Crippen LogP contribution in [0.4, 0.5) is 4.79 Å². The Balaban J connectivity index is 2.49. The fourth-order valence-corrected chi connectivity index (χ4v) is 1.05. The van der Waals surface area contributed by atoms with Crippen LogP contribution in [0.25, 0.3) is 0 Å². The van der Waals surface area contributed by atoms with Crippen LogP contribution in [-0.2, 0) is 13.7 Å². The Hall–Kier alpha value is -1.11. The van der Waals surface area contributed by atoms with Gasteiger partial charge in [-0.05, 0) is 0 Å². The summed E-state index contributed by atoms with van der Waals surface area (Å²) in [5.74, 6) is -0.259. The topological polar surface area (TPSA) is 64.6 Å². The lowest BCUT2D eigenvalue weighted by Gasteiger charge is -2.08. The first-order chi connectivity index (χ1) is 6.13. The fourth-order valence-electron chi connectivity index (χ4n) is 0.880. The predicted molar refractivity (Wildman–Crippen MR) is 49.6 cm³/mol. The third-order valence-electron chi connectivity index (χ3n) is 1.41. The third kappa shape index (κ3) is 2.69. The van der Waals surface area contributed by atoms with Gasteiger partial charge in [0.05, 0.1) is 18.0 Å². The Morgan fingerprint density at radius 2 is 2.46 bits per heavy atom. The highest BCUT2D eigenvalue weighted by atomic mass is 32.2. The molecule has 1 N–H and O–H groups in total. The molecule has 0 saturated carbocycles. The largest absolute Gasteiger partial charge is 0.526 e. The molecule has 0 aromatic rings. The van der Waals surface area contributed by atoms with Gasteiger partial charge in [0.1, 0.15) is 13.6 Å². The van der Waals surface area contributed by atoms with Crippen LogP contribution >= 0.6 is 12.0 Å². The van der Waals surface area contributed by atoms with Crippen molar-refractivity contribution < 1.29 is 18.5 Å². The molecule has 1 aliphatic heterocycles. The molecule has 1 amide bonds. The molecule has 1 unspecified atom stereocenters. The molecule has 13 heavy (non-hydrogen) atoms. The van der Waals surface area contributed by atoms with Crippen molar-refractivity contribution in [3.05, 3.63) is 11.8 Å². The summed E-state index contributed by atoms with van der Waals surface area (Å²) in [5.41, 5.74) is 0. The number of hydrogen-bond acceptors (Lipinski definition) is 5. The van der Waals surface area contributed by atoms with E-state index in [2.05, 4.69) is 9.50 Å². The third-order valence-corrected chi connectivity index (χ3v) is 1.71. The first-order valence-electron chi connectivity index (χ1n) is 3.58. The first kappa shape index (κ1) is 9.98. The monoisotopic (exact) mass is 201 g/mol. The zero-order chi connectivity index (χ0) is 9.84. The summed E-state index contributed by atoms with van der Waals surface area (Å²) < 4.78 is 9.19. The maximum atomic E-state index is 10.8. The second-order valence-electron chi connectivity index (χ2n) is 2.38. The Bertz CT molecular complexity index is 267. The molecule has 1 aliphatic rings. The highest BCUT2D eigenvalue weighted by Gasteiger charge is 2.23. The van der Waals surface area contributed by atoms with Crippen molar-refractivity contribution >= 4 is 32.0 Å². The van der Waals surface area contributed by atoms with Gasteiger partial charge in [-0.1, -0.05) is 0 Å². The van der Waals surface area contributed by atoms with E-state index in [0.29, 0.717) is 0 Å². The maximum absolute atomic E-state index is 10.8. The number of carbonyl (C=O) groups excluding carboxylic acids is 2. The van der Waals surface area contributed by atoms with Gasteiger partial charge in [0.25, 0.3) is 0 Å². The van der Waals surface area contributed by atoms with Crippen LogP contribution in [0, 0.1) is 0 Å². The zero-order valence-electron chi connectivity index (χ0n) is 7.20. The molecule has 0 fully saturated rings.